The number of benzene rings is 1. The summed E-state index contributed by atoms with van der Waals surface area (Å²) in [4.78, 5) is 28.4. The molecule has 1 N–H and O–H groups in total. The molecule has 3 fully saturated rings. The van der Waals surface area contributed by atoms with E-state index in [2.05, 4.69) is 64.5 Å². The van der Waals surface area contributed by atoms with Gasteiger partial charge in [0.1, 0.15) is 5.82 Å². The second-order valence-electron chi connectivity index (χ2n) is 9.40. The van der Waals surface area contributed by atoms with Crippen LogP contribution in [0.15, 0.2) is 42.6 Å². The van der Waals surface area contributed by atoms with Gasteiger partial charge in [-0.3, -0.25) is 9.80 Å². The highest BCUT2D eigenvalue weighted by Gasteiger charge is 2.50. The average Bonchev–Trinajstić information content (AvgIpc) is 3.16. The number of hydrogen-bond acceptors (Lipinski definition) is 6. The first-order valence-electron chi connectivity index (χ1n) is 11.5. The van der Waals surface area contributed by atoms with Crippen LogP contribution in [-0.2, 0) is 10.3 Å². The maximum absolute atomic E-state index is 13.0. The Morgan fingerprint density at radius 3 is 2.44 bits per heavy atom. The Morgan fingerprint density at radius 2 is 1.75 bits per heavy atom. The number of nitrogens with zero attached hydrogens (tertiary/aromatic N) is 5. The van der Waals surface area contributed by atoms with Gasteiger partial charge in [0, 0.05) is 24.8 Å². The summed E-state index contributed by atoms with van der Waals surface area (Å²) in [5, 5.41) is 3.32. The molecule has 2 amide bonds. The molecule has 1 aliphatic carbocycles. The molecule has 2 aliphatic heterocycles. The van der Waals surface area contributed by atoms with Gasteiger partial charge < -0.3 is 15.0 Å². The molecule has 1 aromatic carbocycles. The molecule has 0 bridgehead atoms. The van der Waals surface area contributed by atoms with Crippen LogP contribution in [0.25, 0.3) is 0 Å². The molecule has 1 aromatic heterocycles. The molecule has 8 heteroatoms. The van der Waals surface area contributed by atoms with Crippen molar-refractivity contribution in [2.45, 2.75) is 36.8 Å². The summed E-state index contributed by atoms with van der Waals surface area (Å²) in [7, 11) is 4.33. The molecule has 1 spiro atoms. The van der Waals surface area contributed by atoms with E-state index in [0.717, 1.165) is 38.8 Å². The molecule has 8 nitrogen and oxygen atoms in total. The maximum Gasteiger partial charge on any atom is 0.323 e. The third-order valence-electron chi connectivity index (χ3n) is 7.48. The fourth-order valence-electron chi connectivity index (χ4n) is 5.47. The van der Waals surface area contributed by atoms with Crippen molar-refractivity contribution in [2.75, 3.05) is 56.7 Å². The average molecular weight is 437 g/mol. The standard InChI is InChI=1S/C24H32N6O2/c1-28(2)24(19-6-4-3-5-7-19)11-9-23(10-12-24)18-30(22(31)27-23)20-8-13-25-21(26-20)29-14-16-32-17-15-29/h3-8,13H,9-12,14-18H2,1-2H3,(H,27,31)/t23-,24+. The molecule has 32 heavy (non-hydrogen) atoms. The van der Waals surface area contributed by atoms with Crippen LogP contribution < -0.4 is 15.1 Å². The zero-order valence-electron chi connectivity index (χ0n) is 19.0. The first-order chi connectivity index (χ1) is 15.5. The van der Waals surface area contributed by atoms with Crippen molar-refractivity contribution in [3.05, 3.63) is 48.2 Å². The highest BCUT2D eigenvalue weighted by Crippen LogP contribution is 2.46. The number of carbonyl (C=O) groups excluding carboxylic acids is 1. The number of ether oxygens (including phenoxy) is 1. The monoisotopic (exact) mass is 436 g/mol. The van der Waals surface area contributed by atoms with Crippen LogP contribution in [0, 0.1) is 0 Å². The van der Waals surface area contributed by atoms with E-state index in [-0.39, 0.29) is 17.1 Å². The van der Waals surface area contributed by atoms with Gasteiger partial charge in [-0.05, 0) is 51.4 Å². The van der Waals surface area contributed by atoms with Crippen molar-refractivity contribution in [2.24, 2.45) is 0 Å². The van der Waals surface area contributed by atoms with Crippen LogP contribution >= 0.6 is 0 Å². The molecule has 3 heterocycles. The number of aromatic nitrogens is 2. The maximum atomic E-state index is 13.0. The van der Waals surface area contributed by atoms with E-state index < -0.39 is 0 Å². The third kappa shape index (κ3) is 3.71. The van der Waals surface area contributed by atoms with Gasteiger partial charge in [0.25, 0.3) is 0 Å². The van der Waals surface area contributed by atoms with Gasteiger partial charge >= 0.3 is 6.03 Å². The van der Waals surface area contributed by atoms with Gasteiger partial charge in [0.2, 0.25) is 5.95 Å². The minimum Gasteiger partial charge on any atom is -0.378 e. The molecular weight excluding hydrogens is 404 g/mol. The minimum absolute atomic E-state index is 0.00305. The Bertz CT molecular complexity index is 952. The quantitative estimate of drug-likeness (QED) is 0.794. The lowest BCUT2D eigenvalue weighted by Gasteiger charge is -2.48. The largest absolute Gasteiger partial charge is 0.378 e. The molecule has 2 saturated heterocycles. The number of morpholine rings is 1. The number of amides is 2. The Labute approximate surface area is 189 Å². The summed E-state index contributed by atoms with van der Waals surface area (Å²) in [6.45, 7) is 3.53. The summed E-state index contributed by atoms with van der Waals surface area (Å²) in [5.74, 6) is 1.34. The Hall–Kier alpha value is -2.71. The van der Waals surface area contributed by atoms with Gasteiger partial charge in [-0.15, -0.1) is 0 Å². The summed E-state index contributed by atoms with van der Waals surface area (Å²) in [6.07, 6.45) is 5.62. The van der Waals surface area contributed by atoms with Gasteiger partial charge in [0.15, 0.2) is 0 Å². The normalized spacial score (nSPS) is 28.4. The minimum atomic E-state index is -0.213. The van der Waals surface area contributed by atoms with E-state index in [0.29, 0.717) is 31.5 Å². The van der Waals surface area contributed by atoms with Crippen LogP contribution in [0.4, 0.5) is 16.6 Å². The summed E-state index contributed by atoms with van der Waals surface area (Å²) >= 11 is 0. The second kappa shape index (κ2) is 8.33. The fraction of sp³-hybridized carbons (Fsp3) is 0.542. The topological polar surface area (TPSA) is 73.8 Å². The van der Waals surface area contributed by atoms with Gasteiger partial charge in [-0.2, -0.15) is 4.98 Å². The predicted octanol–water partition coefficient (Wildman–Crippen LogP) is 2.61. The Balaban J connectivity index is 1.33. The number of rotatable bonds is 4. The molecule has 1 saturated carbocycles. The van der Waals surface area contributed by atoms with Crippen LogP contribution in [0.1, 0.15) is 31.2 Å². The first-order valence-corrected chi connectivity index (χ1v) is 11.5. The van der Waals surface area contributed by atoms with E-state index in [1.807, 2.05) is 6.07 Å². The number of nitrogens with one attached hydrogen (secondary N) is 1. The lowest BCUT2D eigenvalue weighted by molar-refractivity contribution is 0.0657. The molecular formula is C24H32N6O2. The summed E-state index contributed by atoms with van der Waals surface area (Å²) < 4.78 is 5.43. The third-order valence-corrected chi connectivity index (χ3v) is 7.48. The molecule has 170 valence electrons. The Morgan fingerprint density at radius 1 is 1.03 bits per heavy atom. The van der Waals surface area contributed by atoms with Crippen molar-refractivity contribution in [3.8, 4) is 0 Å². The van der Waals surface area contributed by atoms with E-state index in [9.17, 15) is 4.79 Å². The van der Waals surface area contributed by atoms with Gasteiger partial charge in [-0.25, -0.2) is 9.78 Å². The van der Waals surface area contributed by atoms with Crippen molar-refractivity contribution >= 4 is 17.8 Å². The zero-order chi connectivity index (χ0) is 22.2. The number of carbonyl (C=O) groups is 1. The first kappa shape index (κ1) is 21.2. The van der Waals surface area contributed by atoms with Crippen LogP contribution in [0.5, 0.6) is 0 Å². The molecule has 5 rings (SSSR count). The molecule has 0 unspecified atom stereocenters. The zero-order valence-corrected chi connectivity index (χ0v) is 19.0. The highest BCUT2D eigenvalue weighted by molar-refractivity contribution is 5.94. The Kier molecular flexibility index (Phi) is 5.51. The van der Waals surface area contributed by atoms with Crippen molar-refractivity contribution in [1.29, 1.82) is 0 Å². The van der Waals surface area contributed by atoms with Crippen molar-refractivity contribution < 1.29 is 9.53 Å². The molecule has 0 atom stereocenters. The summed E-state index contributed by atoms with van der Waals surface area (Å²) in [6, 6.07) is 12.5. The van der Waals surface area contributed by atoms with Gasteiger partial charge in [0.05, 0.1) is 25.3 Å². The predicted molar refractivity (Wildman–Crippen MR) is 124 cm³/mol. The lowest BCUT2D eigenvalue weighted by atomic mass is 9.69. The van der Waals surface area contributed by atoms with E-state index in [1.165, 1.54) is 5.56 Å². The molecule has 3 aliphatic rings. The second-order valence-corrected chi connectivity index (χ2v) is 9.40. The number of hydrogen-bond donors (Lipinski definition) is 1. The van der Waals surface area contributed by atoms with Crippen LogP contribution in [-0.4, -0.2) is 73.4 Å². The SMILES string of the molecule is CN(C)[C@]1(c2ccccc2)CC[C@]2(CC1)CN(c1ccnc(N3CCOCC3)n1)C(=O)N2. The fourth-order valence-corrected chi connectivity index (χ4v) is 5.47. The highest BCUT2D eigenvalue weighted by atomic mass is 16.5. The van der Waals surface area contributed by atoms with E-state index in [1.54, 1.807) is 11.1 Å². The number of urea groups is 1. The van der Waals surface area contributed by atoms with E-state index in [4.69, 9.17) is 9.72 Å². The van der Waals surface area contributed by atoms with Crippen LogP contribution in [0.2, 0.25) is 0 Å². The van der Waals surface area contributed by atoms with E-state index >= 15 is 0 Å². The summed E-state index contributed by atoms with van der Waals surface area (Å²) in [5.41, 5.74) is 1.14. The van der Waals surface area contributed by atoms with Gasteiger partial charge in [-0.1, -0.05) is 30.3 Å². The van der Waals surface area contributed by atoms with Crippen LogP contribution in [0.3, 0.4) is 0 Å². The smallest absolute Gasteiger partial charge is 0.323 e. The lowest BCUT2D eigenvalue weighted by Crippen LogP contribution is -2.54. The molecule has 2 aromatic rings. The van der Waals surface area contributed by atoms with Crippen molar-refractivity contribution in [1.82, 2.24) is 20.2 Å². The molecule has 0 radical (unpaired) electrons. The van der Waals surface area contributed by atoms with Crippen molar-refractivity contribution in [3.63, 3.8) is 0 Å². The number of anilines is 2.